The summed E-state index contributed by atoms with van der Waals surface area (Å²) in [6.45, 7) is 3.57. The maximum atomic E-state index is 5.63. The van der Waals surface area contributed by atoms with E-state index in [1.807, 2.05) is 0 Å². The molecule has 1 fully saturated rings. The van der Waals surface area contributed by atoms with Gasteiger partial charge in [0.15, 0.2) is 0 Å². The van der Waals surface area contributed by atoms with Crippen LogP contribution < -0.4 is 5.32 Å². The molecule has 0 atom stereocenters. The predicted octanol–water partition coefficient (Wildman–Crippen LogP) is 3.70. The summed E-state index contributed by atoms with van der Waals surface area (Å²) in [6, 6.07) is 2.89. The van der Waals surface area contributed by atoms with Gasteiger partial charge >= 0.3 is 0 Å². The van der Waals surface area contributed by atoms with Gasteiger partial charge < -0.3 is 4.74 Å². The van der Waals surface area contributed by atoms with E-state index in [-0.39, 0.29) is 1.43 Å². The first-order chi connectivity index (χ1) is 7.84. The minimum atomic E-state index is 0. The van der Waals surface area contributed by atoms with Crippen molar-refractivity contribution in [3.63, 3.8) is 0 Å². The number of aryl methyl sites for hydroxylation is 1. The van der Waals surface area contributed by atoms with Crippen LogP contribution in [-0.2, 0) is 11.3 Å². The van der Waals surface area contributed by atoms with Crippen molar-refractivity contribution in [3.8, 4) is 0 Å². The lowest BCUT2D eigenvalue weighted by atomic mass is 9.96. The zero-order valence-electron chi connectivity index (χ0n) is 10.00. The van der Waals surface area contributed by atoms with Gasteiger partial charge in [-0.05, 0) is 36.8 Å². The lowest BCUT2D eigenvalue weighted by Gasteiger charge is -2.22. The van der Waals surface area contributed by atoms with Gasteiger partial charge in [-0.2, -0.15) is 0 Å². The van der Waals surface area contributed by atoms with Crippen LogP contribution in [0.4, 0.5) is 0 Å². The molecule has 0 bridgehead atoms. The van der Waals surface area contributed by atoms with E-state index in [0.717, 1.165) is 6.61 Å². The fourth-order valence-electron chi connectivity index (χ4n) is 2.23. The van der Waals surface area contributed by atoms with Crippen molar-refractivity contribution in [1.82, 2.24) is 5.32 Å². The molecule has 0 aliphatic heterocycles. The molecule has 0 unspecified atom stereocenters. The zero-order chi connectivity index (χ0) is 11.2. The molecule has 1 aromatic heterocycles. The van der Waals surface area contributed by atoms with Crippen LogP contribution in [0.15, 0.2) is 11.4 Å². The summed E-state index contributed by atoms with van der Waals surface area (Å²) in [5.41, 5.74) is 1.30. The second kappa shape index (κ2) is 6.38. The predicted molar refractivity (Wildman–Crippen MR) is 70.8 cm³/mol. The van der Waals surface area contributed by atoms with Crippen LogP contribution in [0.25, 0.3) is 0 Å². The average Bonchev–Trinajstić information content (AvgIpc) is 2.72. The van der Waals surface area contributed by atoms with Gasteiger partial charge in [-0.3, -0.25) is 5.32 Å². The van der Waals surface area contributed by atoms with E-state index >= 15 is 0 Å². The smallest absolute Gasteiger partial charge is 0.0971 e. The van der Waals surface area contributed by atoms with E-state index < -0.39 is 0 Å². The van der Waals surface area contributed by atoms with Crippen LogP contribution in [0.2, 0.25) is 0 Å². The number of nitrogens with one attached hydrogen (secondary N) is 1. The highest BCUT2D eigenvalue weighted by Gasteiger charge is 2.11. The summed E-state index contributed by atoms with van der Waals surface area (Å²) in [7, 11) is 0. The van der Waals surface area contributed by atoms with E-state index in [9.17, 15) is 0 Å². The molecule has 2 nitrogen and oxygen atoms in total. The van der Waals surface area contributed by atoms with E-state index in [2.05, 4.69) is 23.7 Å². The van der Waals surface area contributed by atoms with E-state index in [4.69, 9.17) is 4.74 Å². The van der Waals surface area contributed by atoms with Gasteiger partial charge in [0.25, 0.3) is 0 Å². The molecule has 1 N–H and O–H groups in total. The molecule has 1 saturated carbocycles. The molecule has 16 heavy (non-hydrogen) atoms. The highest BCUT2D eigenvalue weighted by molar-refractivity contribution is 7.10. The van der Waals surface area contributed by atoms with Gasteiger partial charge in [-0.15, -0.1) is 11.3 Å². The number of hydrogen-bond acceptors (Lipinski definition) is 3. The molecule has 1 aromatic rings. The van der Waals surface area contributed by atoms with Gasteiger partial charge in [0.1, 0.15) is 0 Å². The minimum absolute atomic E-state index is 0. The first-order valence-electron chi connectivity index (χ1n) is 6.20. The van der Waals surface area contributed by atoms with Crippen molar-refractivity contribution in [2.24, 2.45) is 0 Å². The largest absolute Gasteiger partial charge is 0.362 e. The first-order valence-corrected chi connectivity index (χ1v) is 7.08. The van der Waals surface area contributed by atoms with Crippen LogP contribution in [0.1, 0.15) is 44.0 Å². The van der Waals surface area contributed by atoms with Crippen molar-refractivity contribution in [3.05, 3.63) is 21.9 Å². The second-order valence-electron chi connectivity index (χ2n) is 4.60. The molecule has 0 spiro atoms. The van der Waals surface area contributed by atoms with E-state index in [0.29, 0.717) is 12.8 Å². The first kappa shape index (κ1) is 12.1. The Kier molecular flexibility index (Phi) is 4.82. The van der Waals surface area contributed by atoms with Crippen LogP contribution in [-0.4, -0.2) is 12.8 Å². The molecule has 0 saturated heterocycles. The maximum Gasteiger partial charge on any atom is 0.0971 e. The van der Waals surface area contributed by atoms with E-state index in [1.54, 1.807) is 11.3 Å². The number of hydrogen-bond donors (Lipinski definition) is 1. The Morgan fingerprint density at radius 3 is 2.94 bits per heavy atom. The van der Waals surface area contributed by atoms with Crippen molar-refractivity contribution < 1.29 is 6.16 Å². The second-order valence-corrected chi connectivity index (χ2v) is 5.71. The Labute approximate surface area is 103 Å². The molecule has 2 rings (SSSR count). The Morgan fingerprint density at radius 1 is 1.44 bits per heavy atom. The fraction of sp³-hybridized carbons (Fsp3) is 0.692. The number of thiophene rings is 1. The van der Waals surface area contributed by atoms with Crippen molar-refractivity contribution >= 4 is 11.3 Å². The van der Waals surface area contributed by atoms with Crippen molar-refractivity contribution in [2.75, 3.05) is 6.73 Å². The number of ether oxygens (including phenoxy) is 1. The van der Waals surface area contributed by atoms with Gasteiger partial charge in [-0.1, -0.05) is 19.3 Å². The summed E-state index contributed by atoms with van der Waals surface area (Å²) >= 11 is 1.79. The fourth-order valence-corrected chi connectivity index (χ4v) is 2.92. The molecule has 0 radical (unpaired) electrons. The minimum Gasteiger partial charge on any atom is -0.362 e. The molecule has 0 amide bonds. The van der Waals surface area contributed by atoms with Crippen molar-refractivity contribution in [2.45, 2.75) is 51.7 Å². The Morgan fingerprint density at radius 2 is 2.25 bits per heavy atom. The normalized spacial score (nSPS) is 17.8. The molecule has 1 aliphatic rings. The molecule has 92 valence electrons. The zero-order valence-corrected chi connectivity index (χ0v) is 10.8. The third-order valence-electron chi connectivity index (χ3n) is 3.13. The monoisotopic (exact) mass is 241 g/mol. The maximum absolute atomic E-state index is 5.63. The van der Waals surface area contributed by atoms with Crippen LogP contribution in [0.3, 0.4) is 0 Å². The van der Waals surface area contributed by atoms with Gasteiger partial charge in [0.05, 0.1) is 13.3 Å². The molecule has 3 heteroatoms. The Hall–Kier alpha value is -0.380. The molecular weight excluding hydrogens is 218 g/mol. The van der Waals surface area contributed by atoms with Crippen LogP contribution >= 0.6 is 11.3 Å². The summed E-state index contributed by atoms with van der Waals surface area (Å²) in [5, 5.41) is 5.66. The van der Waals surface area contributed by atoms with Gasteiger partial charge in [0, 0.05) is 12.3 Å². The summed E-state index contributed by atoms with van der Waals surface area (Å²) in [4.78, 5) is 1.36. The summed E-state index contributed by atoms with van der Waals surface area (Å²) in [6.07, 6.45) is 6.80. The third-order valence-corrected chi connectivity index (χ3v) is 4.04. The molecular formula is C13H23NOS. The van der Waals surface area contributed by atoms with Crippen LogP contribution in [0.5, 0.6) is 0 Å². The highest BCUT2D eigenvalue weighted by atomic mass is 32.1. The number of rotatable bonds is 5. The summed E-state index contributed by atoms with van der Waals surface area (Å²) in [5.74, 6) is 0. The van der Waals surface area contributed by atoms with Crippen molar-refractivity contribution in [1.29, 1.82) is 0 Å². The van der Waals surface area contributed by atoms with Gasteiger partial charge in [-0.25, -0.2) is 0 Å². The topological polar surface area (TPSA) is 21.3 Å². The van der Waals surface area contributed by atoms with E-state index in [1.165, 1.54) is 42.5 Å². The molecule has 1 heterocycles. The molecule has 1 aliphatic carbocycles. The van der Waals surface area contributed by atoms with Gasteiger partial charge in [0.2, 0.25) is 0 Å². The molecule has 0 aromatic carbocycles. The standard InChI is InChI=1S/C13H21NOS.H2/c1-11-7-12(9-16-11)8-15-10-14-13-5-3-2-4-6-13;/h7,9,13-14H,2-6,8,10H2,1H3;1H. The highest BCUT2D eigenvalue weighted by Crippen LogP contribution is 2.17. The lowest BCUT2D eigenvalue weighted by molar-refractivity contribution is 0.0910. The Bertz CT molecular complexity index is 310. The Balaban J connectivity index is 0.00000144. The SMILES string of the molecule is Cc1cc(COCNC2CCCCC2)cs1.[HH]. The summed E-state index contributed by atoms with van der Waals surface area (Å²) < 4.78 is 5.63. The lowest BCUT2D eigenvalue weighted by Crippen LogP contribution is -2.32. The quantitative estimate of drug-likeness (QED) is 0.627. The third kappa shape index (κ3) is 3.89. The average molecular weight is 241 g/mol. The van der Waals surface area contributed by atoms with Crippen LogP contribution in [0, 0.1) is 6.92 Å².